The molecule has 1 atom stereocenters. The second-order valence-corrected chi connectivity index (χ2v) is 10.7. The van der Waals surface area contributed by atoms with Crippen LogP contribution in [0.2, 0.25) is 0 Å². The Morgan fingerprint density at radius 1 is 1.07 bits per heavy atom. The van der Waals surface area contributed by atoms with Gasteiger partial charge < -0.3 is 24.6 Å². The molecule has 0 bridgehead atoms. The van der Waals surface area contributed by atoms with E-state index in [1.54, 1.807) is 18.7 Å². The van der Waals surface area contributed by atoms with Crippen molar-refractivity contribution in [3.05, 3.63) is 72.1 Å². The van der Waals surface area contributed by atoms with Gasteiger partial charge in [-0.15, -0.1) is 0 Å². The van der Waals surface area contributed by atoms with Gasteiger partial charge in [0.15, 0.2) is 17.0 Å². The molecule has 1 unspecified atom stereocenters. The molecule has 1 aromatic heterocycles. The molecule has 13 heteroatoms. The van der Waals surface area contributed by atoms with Crippen molar-refractivity contribution in [2.45, 2.75) is 44.6 Å². The third kappa shape index (κ3) is 7.05. The number of aliphatic hydroxyl groups is 1. The number of rotatable bonds is 11. The fraction of sp³-hybridized carbons (Fsp3) is 0.333. The number of ether oxygens (including phenoxy) is 2. The van der Waals surface area contributed by atoms with Gasteiger partial charge in [0.1, 0.15) is 18.4 Å². The summed E-state index contributed by atoms with van der Waals surface area (Å²) >= 11 is 5.64. The van der Waals surface area contributed by atoms with Crippen LogP contribution in [0.3, 0.4) is 0 Å². The monoisotopic (exact) mass is 614 g/mol. The second-order valence-electron chi connectivity index (χ2n) is 10.3. The minimum atomic E-state index is -4.81. The van der Waals surface area contributed by atoms with Crippen LogP contribution in [-0.4, -0.2) is 57.9 Å². The fourth-order valence-electron chi connectivity index (χ4n) is 4.68. The van der Waals surface area contributed by atoms with Crippen LogP contribution in [0.25, 0.3) is 11.1 Å². The molecule has 4 rings (SSSR count). The van der Waals surface area contributed by atoms with Gasteiger partial charge in [0.25, 0.3) is 0 Å². The number of aliphatic carboxylic acids is 1. The quantitative estimate of drug-likeness (QED) is 0.208. The van der Waals surface area contributed by atoms with E-state index in [1.807, 2.05) is 48.5 Å². The molecule has 0 amide bonds. The topological polar surface area (TPSA) is 119 Å². The summed E-state index contributed by atoms with van der Waals surface area (Å²) < 4.78 is 51.5. The maximum absolute atomic E-state index is 13.6. The Morgan fingerprint density at radius 3 is 2.26 bits per heavy atom. The number of pyridine rings is 1. The molecule has 0 radical (unpaired) electrons. The summed E-state index contributed by atoms with van der Waals surface area (Å²) in [7, 11) is 0. The number of aromatic nitrogens is 1. The number of carbonyl (C=O) groups is 1. The number of unbranched alkanes of at least 4 members (excludes halogenated alkanes) is 1. The number of hydrogen-bond donors (Lipinski definition) is 2. The molecule has 0 spiro atoms. The number of benzene rings is 2. The summed E-state index contributed by atoms with van der Waals surface area (Å²) in [5.41, 5.74) is -0.613. The van der Waals surface area contributed by atoms with Crippen LogP contribution in [0.1, 0.15) is 37.9 Å². The molecule has 1 saturated heterocycles. The Balaban J connectivity index is 1.45. The van der Waals surface area contributed by atoms with E-state index in [-0.39, 0.29) is 17.4 Å². The van der Waals surface area contributed by atoms with E-state index in [9.17, 15) is 23.1 Å². The summed E-state index contributed by atoms with van der Waals surface area (Å²) in [5, 5.41) is 28.9. The van der Waals surface area contributed by atoms with Crippen molar-refractivity contribution in [1.82, 2.24) is 4.98 Å². The van der Waals surface area contributed by atoms with Crippen LogP contribution in [0.4, 0.5) is 24.5 Å². The van der Waals surface area contributed by atoms with Crippen molar-refractivity contribution in [3.63, 3.8) is 0 Å². The molecular formula is C30H29F3N4O5S. The largest absolute Gasteiger partial charge is 0.494 e. The Hall–Kier alpha value is -4.25. The minimum Gasteiger partial charge on any atom is -0.494 e. The van der Waals surface area contributed by atoms with Crippen molar-refractivity contribution in [2.75, 3.05) is 29.6 Å². The number of thiocarbonyl (C=S) groups is 1. The van der Waals surface area contributed by atoms with E-state index in [0.29, 0.717) is 31.1 Å². The number of carboxylic acid groups (broad SMARTS) is 1. The number of halogens is 3. The summed E-state index contributed by atoms with van der Waals surface area (Å²) in [4.78, 5) is 17.0. The smallest absolute Gasteiger partial charge is 0.419 e. The molecule has 2 aromatic carbocycles. The first kappa shape index (κ1) is 31.7. The van der Waals surface area contributed by atoms with Crippen molar-refractivity contribution >= 4 is 34.7 Å². The predicted octanol–water partition coefficient (Wildman–Crippen LogP) is 5.61. The maximum Gasteiger partial charge on any atom is 0.419 e. The Kier molecular flexibility index (Phi) is 9.54. The molecule has 2 heterocycles. The minimum absolute atomic E-state index is 0.0788. The Bertz CT molecular complexity index is 1510. The first-order valence-electron chi connectivity index (χ1n) is 13.3. The average Bonchev–Trinajstić information content (AvgIpc) is 3.14. The molecule has 0 aliphatic carbocycles. The lowest BCUT2D eigenvalue weighted by Gasteiger charge is -2.33. The van der Waals surface area contributed by atoms with E-state index in [2.05, 4.69) is 4.98 Å². The van der Waals surface area contributed by atoms with Crippen molar-refractivity contribution < 1.29 is 37.7 Å². The van der Waals surface area contributed by atoms with Crippen LogP contribution in [0.15, 0.2) is 60.8 Å². The molecule has 0 saturated carbocycles. The number of hydrogen-bond acceptors (Lipinski definition) is 7. The number of alkyl halides is 3. The number of aliphatic hydroxyl groups excluding tert-OH is 1. The van der Waals surface area contributed by atoms with Gasteiger partial charge in [-0.25, -0.2) is 9.78 Å². The van der Waals surface area contributed by atoms with Crippen LogP contribution in [0, 0.1) is 11.3 Å². The number of nitriles is 1. The molecule has 43 heavy (non-hydrogen) atoms. The zero-order valence-corrected chi connectivity index (χ0v) is 24.2. The maximum atomic E-state index is 13.6. The SMILES string of the molecule is CC1(C)C(O)N(c2cnc(C#N)c(C(F)(F)F)c2)C(=S)N1c1ccc(-c2ccc(OCCCCOCC(=O)O)cc2)cc1. The normalized spacial score (nSPS) is 16.3. The van der Waals surface area contributed by atoms with Crippen molar-refractivity contribution in [1.29, 1.82) is 5.26 Å². The zero-order valence-electron chi connectivity index (χ0n) is 23.3. The Morgan fingerprint density at radius 2 is 1.67 bits per heavy atom. The van der Waals surface area contributed by atoms with E-state index >= 15 is 0 Å². The third-order valence-corrected chi connectivity index (χ3v) is 7.28. The number of anilines is 2. The van der Waals surface area contributed by atoms with Gasteiger partial charge in [0, 0.05) is 12.3 Å². The van der Waals surface area contributed by atoms with Crippen molar-refractivity contribution in [3.8, 4) is 22.9 Å². The molecule has 9 nitrogen and oxygen atoms in total. The predicted molar refractivity (Wildman–Crippen MR) is 157 cm³/mol. The molecule has 226 valence electrons. The fourth-order valence-corrected chi connectivity index (χ4v) is 5.22. The number of nitrogens with zero attached hydrogens (tertiary/aromatic N) is 4. The molecule has 2 N–H and O–H groups in total. The van der Waals surface area contributed by atoms with Crippen LogP contribution in [-0.2, 0) is 15.7 Å². The van der Waals surface area contributed by atoms with E-state index in [4.69, 9.17) is 32.1 Å². The molecule has 1 aliphatic rings. The third-order valence-electron chi connectivity index (χ3n) is 6.90. The summed E-state index contributed by atoms with van der Waals surface area (Å²) in [6.07, 6.45) is -3.62. The van der Waals surface area contributed by atoms with E-state index in [1.165, 1.54) is 11.0 Å². The van der Waals surface area contributed by atoms with Gasteiger partial charge in [-0.3, -0.25) is 4.90 Å². The van der Waals surface area contributed by atoms with Crippen LogP contribution < -0.4 is 14.5 Å². The highest BCUT2D eigenvalue weighted by molar-refractivity contribution is 7.80. The standard InChI is InChI=1S/C30H29F3N4O5S/c1-29(2)27(40)36(22-15-24(30(31,32)33)25(16-34)35-17-22)28(43)37(29)21-9-5-19(6-10-21)20-7-11-23(12-8-20)42-14-4-3-13-41-18-26(38)39/h5-12,15,17,27,40H,3-4,13-14,18H2,1-2H3,(H,38,39). The lowest BCUT2D eigenvalue weighted by molar-refractivity contribution is -0.142. The van der Waals surface area contributed by atoms with E-state index < -0.39 is 35.2 Å². The summed E-state index contributed by atoms with van der Waals surface area (Å²) in [5.74, 6) is -0.306. The first-order valence-corrected chi connectivity index (χ1v) is 13.7. The zero-order chi connectivity index (χ0) is 31.4. The van der Waals surface area contributed by atoms with Crippen LogP contribution >= 0.6 is 12.2 Å². The molecule has 1 fully saturated rings. The van der Waals surface area contributed by atoms with Gasteiger partial charge in [0.2, 0.25) is 0 Å². The van der Waals surface area contributed by atoms with Crippen molar-refractivity contribution in [2.24, 2.45) is 0 Å². The van der Waals surface area contributed by atoms with Crippen LogP contribution in [0.5, 0.6) is 5.75 Å². The van der Waals surface area contributed by atoms with Gasteiger partial charge in [-0.05, 0) is 80.4 Å². The summed E-state index contributed by atoms with van der Waals surface area (Å²) in [6.45, 7) is 3.96. The highest BCUT2D eigenvalue weighted by atomic mass is 32.1. The molecule has 1 aliphatic heterocycles. The van der Waals surface area contributed by atoms with E-state index in [0.717, 1.165) is 29.8 Å². The second kappa shape index (κ2) is 12.9. The number of carboxylic acids is 1. The lowest BCUT2D eigenvalue weighted by Crippen LogP contribution is -2.47. The average molecular weight is 615 g/mol. The van der Waals surface area contributed by atoms with Gasteiger partial charge in [-0.1, -0.05) is 24.3 Å². The molecular weight excluding hydrogens is 585 g/mol. The Labute approximate surface area is 251 Å². The molecule has 3 aromatic rings. The highest BCUT2D eigenvalue weighted by Gasteiger charge is 2.50. The van der Waals surface area contributed by atoms with Gasteiger partial charge >= 0.3 is 12.1 Å². The van der Waals surface area contributed by atoms with Gasteiger partial charge in [0.05, 0.1) is 29.6 Å². The first-order chi connectivity index (χ1) is 20.3. The lowest BCUT2D eigenvalue weighted by atomic mass is 10.0. The highest BCUT2D eigenvalue weighted by Crippen LogP contribution is 2.41. The van der Waals surface area contributed by atoms with Gasteiger partial charge in [-0.2, -0.15) is 18.4 Å². The summed E-state index contributed by atoms with van der Waals surface area (Å²) in [6, 6.07) is 17.1.